The monoisotopic (exact) mass is 284 g/mol. The first-order chi connectivity index (χ1) is 9.42. The fraction of sp³-hybridized carbons (Fsp3) is 0.857. The topological polar surface area (TPSA) is 63.6 Å². The molecule has 108 valence electrons. The molecule has 8 bridgehead atoms. The minimum Gasteiger partial charge on any atom is -0.481 e. The second-order valence-corrected chi connectivity index (χ2v) is 7.10. The van der Waals surface area contributed by atoms with Gasteiger partial charge in [-0.25, -0.2) is 8.78 Å². The van der Waals surface area contributed by atoms with E-state index in [1.54, 1.807) is 0 Å². The van der Waals surface area contributed by atoms with Gasteiger partial charge in [-0.15, -0.1) is 0 Å². The van der Waals surface area contributed by atoms with Crippen LogP contribution in [0.5, 0.6) is 0 Å². The van der Waals surface area contributed by atoms with Gasteiger partial charge in [0.2, 0.25) is 0 Å². The number of carbonyl (C=O) groups is 2. The maximum atomic E-state index is 14.2. The van der Waals surface area contributed by atoms with Gasteiger partial charge in [0.05, 0.1) is 18.9 Å². The summed E-state index contributed by atoms with van der Waals surface area (Å²) in [5.41, 5.74) is 0. The van der Waals surface area contributed by atoms with Crippen LogP contribution in [0.4, 0.5) is 8.78 Å². The predicted molar refractivity (Wildman–Crippen MR) is 59.5 cm³/mol. The quantitative estimate of drug-likeness (QED) is 0.772. The number of aliphatic carboxylic acids is 1. The maximum absolute atomic E-state index is 14.2. The summed E-state index contributed by atoms with van der Waals surface area (Å²) in [5, 5.41) is 9.48. The van der Waals surface area contributed by atoms with E-state index in [0.717, 1.165) is 0 Å². The molecule has 7 aliphatic carbocycles. The summed E-state index contributed by atoms with van der Waals surface area (Å²) in [6, 6.07) is 0. The van der Waals surface area contributed by atoms with Gasteiger partial charge in [0.15, 0.2) is 0 Å². The molecule has 0 radical (unpaired) electrons. The van der Waals surface area contributed by atoms with Crippen molar-refractivity contribution in [3.8, 4) is 0 Å². The van der Waals surface area contributed by atoms with Gasteiger partial charge in [-0.1, -0.05) is 0 Å². The molecule has 1 N–H and O–H groups in total. The molecular formula is C14H14F2O4. The lowest BCUT2D eigenvalue weighted by Gasteiger charge is -2.44. The number of carbonyl (C=O) groups excluding carboxylic acids is 1. The molecule has 0 spiro atoms. The van der Waals surface area contributed by atoms with E-state index >= 15 is 0 Å². The van der Waals surface area contributed by atoms with E-state index in [1.807, 2.05) is 0 Å². The van der Waals surface area contributed by atoms with Crippen molar-refractivity contribution in [2.24, 2.45) is 59.2 Å². The zero-order chi connectivity index (χ0) is 14.1. The largest absolute Gasteiger partial charge is 0.481 e. The van der Waals surface area contributed by atoms with Crippen molar-refractivity contribution >= 4 is 11.9 Å². The SMILES string of the molecule is COC(=O)C1C(C(=O)O)C2C3C4C1C1C2C1C(F)(F)C34. The number of alkyl halides is 2. The van der Waals surface area contributed by atoms with Crippen LogP contribution in [-0.4, -0.2) is 30.1 Å². The van der Waals surface area contributed by atoms with Crippen molar-refractivity contribution in [1.29, 1.82) is 0 Å². The van der Waals surface area contributed by atoms with Crippen LogP contribution in [0.15, 0.2) is 0 Å². The number of halogens is 2. The first-order valence-electron chi connectivity index (χ1n) is 7.11. The standard InChI is InChI=1S/C14H14F2O4/c1-20-13(19)9-3-6-4-2(8(9)12(17)18)5-7(3)11(5)14(15,16)10(4)6/h2-11H,1H3,(H,17,18). The molecular weight excluding hydrogens is 270 g/mol. The minimum absolute atomic E-state index is 0.144. The molecule has 7 saturated carbocycles. The summed E-state index contributed by atoms with van der Waals surface area (Å²) in [6.07, 6.45) is 0. The Morgan fingerprint density at radius 1 is 0.950 bits per heavy atom. The first-order valence-corrected chi connectivity index (χ1v) is 7.11. The summed E-state index contributed by atoms with van der Waals surface area (Å²) in [5.74, 6) is -8.09. The van der Waals surface area contributed by atoms with Crippen molar-refractivity contribution in [2.75, 3.05) is 7.11 Å². The fourth-order valence-corrected chi connectivity index (χ4v) is 6.66. The molecule has 20 heavy (non-hydrogen) atoms. The summed E-state index contributed by atoms with van der Waals surface area (Å²) in [7, 11) is 1.24. The van der Waals surface area contributed by atoms with E-state index in [9.17, 15) is 23.5 Å². The third-order valence-corrected chi connectivity index (χ3v) is 6.91. The molecule has 4 nitrogen and oxygen atoms in total. The van der Waals surface area contributed by atoms with Crippen molar-refractivity contribution in [3.63, 3.8) is 0 Å². The van der Waals surface area contributed by atoms with Crippen molar-refractivity contribution in [2.45, 2.75) is 5.92 Å². The third kappa shape index (κ3) is 0.886. The lowest BCUT2D eigenvalue weighted by molar-refractivity contribution is -0.169. The Kier molecular flexibility index (Phi) is 1.65. The molecule has 0 aromatic rings. The van der Waals surface area contributed by atoms with Crippen LogP contribution < -0.4 is 0 Å². The second-order valence-electron chi connectivity index (χ2n) is 7.10. The molecule has 7 rings (SSSR count). The number of carboxylic acid groups (broad SMARTS) is 1. The van der Waals surface area contributed by atoms with Gasteiger partial charge in [0.1, 0.15) is 0 Å². The predicted octanol–water partition coefficient (Wildman–Crippen LogP) is 1.11. The molecule has 0 heterocycles. The number of ether oxygens (including phenoxy) is 1. The van der Waals surface area contributed by atoms with Crippen LogP contribution in [-0.2, 0) is 14.3 Å². The molecule has 7 aliphatic rings. The molecule has 0 aromatic heterocycles. The Bertz CT molecular complexity index is 535. The third-order valence-electron chi connectivity index (χ3n) is 6.91. The highest BCUT2D eigenvalue weighted by Gasteiger charge is 2.93. The molecule has 8 atom stereocenters. The van der Waals surface area contributed by atoms with Gasteiger partial charge < -0.3 is 9.84 Å². The van der Waals surface area contributed by atoms with E-state index in [0.29, 0.717) is 0 Å². The summed E-state index contributed by atoms with van der Waals surface area (Å²) >= 11 is 0. The number of esters is 1. The van der Waals surface area contributed by atoms with Gasteiger partial charge >= 0.3 is 11.9 Å². The number of fused-ring (bicyclic) bond motifs is 1. The second kappa shape index (κ2) is 2.88. The van der Waals surface area contributed by atoms with Gasteiger partial charge in [-0.2, -0.15) is 0 Å². The zero-order valence-electron chi connectivity index (χ0n) is 10.7. The average Bonchev–Trinajstić information content (AvgIpc) is 3.25. The number of methoxy groups -OCH3 is 1. The van der Waals surface area contributed by atoms with E-state index in [1.165, 1.54) is 7.11 Å². The molecule has 8 unspecified atom stereocenters. The van der Waals surface area contributed by atoms with Gasteiger partial charge in [0, 0.05) is 11.8 Å². The minimum atomic E-state index is -2.63. The highest BCUT2D eigenvalue weighted by Crippen LogP contribution is 2.90. The smallest absolute Gasteiger partial charge is 0.309 e. The van der Waals surface area contributed by atoms with Crippen LogP contribution in [0.25, 0.3) is 0 Å². The van der Waals surface area contributed by atoms with Crippen LogP contribution in [0.1, 0.15) is 0 Å². The van der Waals surface area contributed by atoms with Crippen molar-refractivity contribution in [1.82, 2.24) is 0 Å². The zero-order valence-corrected chi connectivity index (χ0v) is 10.7. The van der Waals surface area contributed by atoms with E-state index < -0.39 is 41.5 Å². The van der Waals surface area contributed by atoms with Gasteiger partial charge in [-0.3, -0.25) is 9.59 Å². The number of hydrogen-bond acceptors (Lipinski definition) is 3. The Morgan fingerprint density at radius 3 is 1.80 bits per heavy atom. The summed E-state index contributed by atoms with van der Waals surface area (Å²) < 4.78 is 33.2. The Balaban J connectivity index is 1.63. The highest BCUT2D eigenvalue weighted by atomic mass is 19.3. The van der Waals surface area contributed by atoms with Crippen LogP contribution >= 0.6 is 0 Å². The lowest BCUT2D eigenvalue weighted by atomic mass is 9.58. The van der Waals surface area contributed by atoms with Crippen LogP contribution in [0, 0.1) is 59.2 Å². The lowest BCUT2D eigenvalue weighted by Crippen LogP contribution is -2.50. The number of hydrogen-bond donors (Lipinski definition) is 1. The number of rotatable bonds is 2. The van der Waals surface area contributed by atoms with E-state index in [-0.39, 0.29) is 35.5 Å². The molecule has 0 aromatic carbocycles. The molecule has 0 aliphatic heterocycles. The normalized spacial score (nSPS) is 61.8. The highest BCUT2D eigenvalue weighted by molar-refractivity contribution is 5.83. The summed E-state index contributed by atoms with van der Waals surface area (Å²) in [6.45, 7) is 0. The maximum Gasteiger partial charge on any atom is 0.309 e. The van der Waals surface area contributed by atoms with Crippen LogP contribution in [0.3, 0.4) is 0 Å². The van der Waals surface area contributed by atoms with E-state index in [2.05, 4.69) is 0 Å². The summed E-state index contributed by atoms with van der Waals surface area (Å²) in [4.78, 5) is 23.6. The van der Waals surface area contributed by atoms with Crippen LogP contribution in [0.2, 0.25) is 0 Å². The molecule has 0 amide bonds. The fourth-order valence-electron chi connectivity index (χ4n) is 6.66. The van der Waals surface area contributed by atoms with Gasteiger partial charge in [0.25, 0.3) is 5.92 Å². The van der Waals surface area contributed by atoms with Gasteiger partial charge in [-0.05, 0) is 35.5 Å². The molecule has 0 saturated heterocycles. The Hall–Kier alpha value is -1.20. The van der Waals surface area contributed by atoms with Crippen molar-refractivity contribution < 1.29 is 28.2 Å². The average molecular weight is 284 g/mol. The molecule has 6 heteroatoms. The van der Waals surface area contributed by atoms with E-state index in [4.69, 9.17) is 4.74 Å². The Morgan fingerprint density at radius 2 is 1.40 bits per heavy atom. The number of carboxylic acids is 1. The Labute approximate surface area is 113 Å². The first kappa shape index (κ1) is 11.5. The van der Waals surface area contributed by atoms with Crippen molar-refractivity contribution in [3.05, 3.63) is 0 Å². The molecule has 7 fully saturated rings.